The van der Waals surface area contributed by atoms with Gasteiger partial charge in [-0.05, 0) is 40.9 Å². The van der Waals surface area contributed by atoms with E-state index in [1.807, 2.05) is 18.2 Å². The summed E-state index contributed by atoms with van der Waals surface area (Å²) in [6, 6.07) is 5.66. The van der Waals surface area contributed by atoms with Crippen LogP contribution in [0.5, 0.6) is 11.5 Å². The number of benzene rings is 1. The van der Waals surface area contributed by atoms with E-state index in [1.165, 1.54) is 0 Å². The van der Waals surface area contributed by atoms with E-state index < -0.39 is 0 Å². The molecule has 1 aromatic heterocycles. The average Bonchev–Trinajstić information content (AvgIpc) is 2.82. The van der Waals surface area contributed by atoms with E-state index in [0.717, 1.165) is 17.1 Å². The third kappa shape index (κ3) is 2.80. The van der Waals surface area contributed by atoms with E-state index in [9.17, 15) is 0 Å². The van der Waals surface area contributed by atoms with Gasteiger partial charge in [0.25, 0.3) is 0 Å². The van der Waals surface area contributed by atoms with Crippen molar-refractivity contribution in [2.24, 2.45) is 0 Å². The molecule has 3 rings (SSSR count). The SMILES string of the molecule is Clc1nc(Cl)nc(NCc2ccc3c(c2)OCO3)n1. The van der Waals surface area contributed by atoms with Gasteiger partial charge in [-0.15, -0.1) is 0 Å². The van der Waals surface area contributed by atoms with Crippen LogP contribution >= 0.6 is 23.2 Å². The van der Waals surface area contributed by atoms with Gasteiger partial charge >= 0.3 is 0 Å². The van der Waals surface area contributed by atoms with Crippen molar-refractivity contribution < 1.29 is 9.47 Å². The molecule has 1 N–H and O–H groups in total. The Labute approximate surface area is 118 Å². The Kier molecular flexibility index (Phi) is 3.27. The normalized spacial score (nSPS) is 12.5. The monoisotopic (exact) mass is 298 g/mol. The first-order valence-electron chi connectivity index (χ1n) is 5.40. The number of hydrogen-bond acceptors (Lipinski definition) is 6. The molecule has 0 bridgehead atoms. The largest absolute Gasteiger partial charge is 0.454 e. The summed E-state index contributed by atoms with van der Waals surface area (Å²) in [5.41, 5.74) is 0.997. The van der Waals surface area contributed by atoms with Crippen LogP contribution in [0.1, 0.15) is 5.56 Å². The highest BCUT2D eigenvalue weighted by Gasteiger charge is 2.13. The quantitative estimate of drug-likeness (QED) is 0.939. The number of hydrogen-bond donors (Lipinski definition) is 1. The third-order valence-electron chi connectivity index (χ3n) is 2.47. The molecule has 0 atom stereocenters. The van der Waals surface area contributed by atoms with E-state index >= 15 is 0 Å². The van der Waals surface area contributed by atoms with Gasteiger partial charge in [0.1, 0.15) is 0 Å². The standard InChI is InChI=1S/C11H8Cl2N4O2/c12-9-15-10(13)17-11(16-9)14-4-6-1-2-7-8(3-6)19-5-18-7/h1-3H,4-5H2,(H,14,15,16,17). The van der Waals surface area contributed by atoms with Crippen molar-refractivity contribution in [1.82, 2.24) is 15.0 Å². The first-order chi connectivity index (χ1) is 9.20. The number of nitrogens with zero attached hydrogens (tertiary/aromatic N) is 3. The maximum absolute atomic E-state index is 5.69. The van der Waals surface area contributed by atoms with Gasteiger partial charge in [0.05, 0.1) is 0 Å². The molecule has 0 radical (unpaired) electrons. The van der Waals surface area contributed by atoms with Crippen molar-refractivity contribution in [3.05, 3.63) is 34.3 Å². The van der Waals surface area contributed by atoms with Crippen molar-refractivity contribution in [3.8, 4) is 11.5 Å². The molecule has 0 fully saturated rings. The molecule has 0 saturated heterocycles. The number of nitrogens with one attached hydrogen (secondary N) is 1. The Hall–Kier alpha value is -1.79. The number of anilines is 1. The minimum absolute atomic E-state index is 0.0492. The zero-order valence-electron chi connectivity index (χ0n) is 9.56. The molecule has 1 aliphatic rings. The van der Waals surface area contributed by atoms with Gasteiger partial charge in [-0.25, -0.2) is 0 Å². The molecule has 98 valence electrons. The maximum Gasteiger partial charge on any atom is 0.231 e. The molecule has 1 aromatic carbocycles. The summed E-state index contributed by atoms with van der Waals surface area (Å²) in [4.78, 5) is 11.5. The van der Waals surface area contributed by atoms with E-state index in [0.29, 0.717) is 12.5 Å². The van der Waals surface area contributed by atoms with E-state index in [4.69, 9.17) is 32.7 Å². The molecule has 0 saturated carbocycles. The van der Waals surface area contributed by atoms with Gasteiger partial charge in [-0.1, -0.05) is 6.07 Å². The van der Waals surface area contributed by atoms with Crippen LogP contribution in [-0.2, 0) is 6.54 Å². The highest BCUT2D eigenvalue weighted by atomic mass is 35.5. The van der Waals surface area contributed by atoms with Crippen LogP contribution in [0.3, 0.4) is 0 Å². The summed E-state index contributed by atoms with van der Waals surface area (Å²) in [5.74, 6) is 1.80. The average molecular weight is 299 g/mol. The topological polar surface area (TPSA) is 69.2 Å². The lowest BCUT2D eigenvalue weighted by molar-refractivity contribution is 0.174. The maximum atomic E-state index is 5.69. The van der Waals surface area contributed by atoms with Crippen LogP contribution in [-0.4, -0.2) is 21.7 Å². The summed E-state index contributed by atoms with van der Waals surface area (Å²) in [6.45, 7) is 0.762. The molecule has 0 amide bonds. The van der Waals surface area contributed by atoms with Gasteiger partial charge in [-0.3, -0.25) is 0 Å². The Morgan fingerprint density at radius 2 is 1.79 bits per heavy atom. The van der Waals surface area contributed by atoms with Crippen molar-refractivity contribution in [2.75, 3.05) is 12.1 Å². The molecular formula is C11H8Cl2N4O2. The number of aromatic nitrogens is 3. The van der Waals surface area contributed by atoms with E-state index in [2.05, 4.69) is 20.3 Å². The molecule has 6 nitrogen and oxygen atoms in total. The molecule has 2 heterocycles. The second-order valence-corrected chi connectivity index (χ2v) is 4.41. The van der Waals surface area contributed by atoms with Crippen molar-refractivity contribution in [1.29, 1.82) is 0 Å². The Morgan fingerprint density at radius 1 is 1.05 bits per heavy atom. The third-order valence-corrected chi connectivity index (χ3v) is 2.81. The lowest BCUT2D eigenvalue weighted by Crippen LogP contribution is -2.04. The van der Waals surface area contributed by atoms with Gasteiger partial charge < -0.3 is 14.8 Å². The summed E-state index contributed by atoms with van der Waals surface area (Å²) in [7, 11) is 0. The Morgan fingerprint density at radius 3 is 2.58 bits per heavy atom. The smallest absolute Gasteiger partial charge is 0.231 e. The van der Waals surface area contributed by atoms with Crippen LogP contribution in [0.2, 0.25) is 10.6 Å². The lowest BCUT2D eigenvalue weighted by atomic mass is 10.2. The second kappa shape index (κ2) is 5.07. The Bertz CT molecular complexity index is 603. The lowest BCUT2D eigenvalue weighted by Gasteiger charge is -2.06. The van der Waals surface area contributed by atoms with Gasteiger partial charge in [0.15, 0.2) is 11.5 Å². The molecule has 0 unspecified atom stereocenters. The highest BCUT2D eigenvalue weighted by Crippen LogP contribution is 2.32. The molecule has 0 spiro atoms. The molecule has 8 heteroatoms. The zero-order chi connectivity index (χ0) is 13.2. The van der Waals surface area contributed by atoms with Crippen molar-refractivity contribution >= 4 is 29.2 Å². The summed E-state index contributed by atoms with van der Waals surface area (Å²) < 4.78 is 10.5. The summed E-state index contributed by atoms with van der Waals surface area (Å²) in [5, 5.41) is 3.10. The second-order valence-electron chi connectivity index (χ2n) is 3.74. The predicted molar refractivity (Wildman–Crippen MR) is 69.7 cm³/mol. The minimum Gasteiger partial charge on any atom is -0.454 e. The van der Waals surface area contributed by atoms with Crippen molar-refractivity contribution in [3.63, 3.8) is 0 Å². The van der Waals surface area contributed by atoms with Crippen molar-refractivity contribution in [2.45, 2.75) is 6.54 Å². The first kappa shape index (κ1) is 12.3. The van der Waals surface area contributed by atoms with E-state index in [1.54, 1.807) is 0 Å². The van der Waals surface area contributed by atoms with Gasteiger partial charge in [0, 0.05) is 6.54 Å². The number of ether oxygens (including phenoxy) is 2. The fourth-order valence-electron chi connectivity index (χ4n) is 1.64. The number of fused-ring (bicyclic) bond motifs is 1. The minimum atomic E-state index is 0.0492. The van der Waals surface area contributed by atoms with Crippen LogP contribution in [0.25, 0.3) is 0 Å². The molecule has 2 aromatic rings. The zero-order valence-corrected chi connectivity index (χ0v) is 11.1. The Balaban J connectivity index is 1.72. The predicted octanol–water partition coefficient (Wildman–Crippen LogP) is 2.52. The summed E-state index contributed by atoms with van der Waals surface area (Å²) >= 11 is 11.4. The van der Waals surface area contributed by atoms with E-state index in [-0.39, 0.29) is 17.4 Å². The molecule has 19 heavy (non-hydrogen) atoms. The molecule has 0 aliphatic carbocycles. The highest BCUT2D eigenvalue weighted by molar-refractivity contribution is 6.31. The van der Waals surface area contributed by atoms with Crippen LogP contribution < -0.4 is 14.8 Å². The van der Waals surface area contributed by atoms with Crippen LogP contribution in [0.15, 0.2) is 18.2 Å². The fourth-order valence-corrected chi connectivity index (χ4v) is 2.00. The first-order valence-corrected chi connectivity index (χ1v) is 6.16. The van der Waals surface area contributed by atoms with Gasteiger partial charge in [0.2, 0.25) is 23.3 Å². The molecular weight excluding hydrogens is 291 g/mol. The number of rotatable bonds is 3. The molecule has 1 aliphatic heterocycles. The summed E-state index contributed by atoms with van der Waals surface area (Å²) in [6.07, 6.45) is 0. The number of halogens is 2. The van der Waals surface area contributed by atoms with Gasteiger partial charge in [-0.2, -0.15) is 15.0 Å². The van der Waals surface area contributed by atoms with Crippen LogP contribution in [0.4, 0.5) is 5.95 Å². The fraction of sp³-hybridized carbons (Fsp3) is 0.182. The van der Waals surface area contributed by atoms with Crippen LogP contribution in [0, 0.1) is 0 Å².